The predicted octanol–water partition coefficient (Wildman–Crippen LogP) is 3.38. The number of aromatic nitrogens is 2. The first-order valence-corrected chi connectivity index (χ1v) is 8.89. The number of nitrogens with zero attached hydrogens (tertiary/aromatic N) is 2. The predicted molar refractivity (Wildman–Crippen MR) is 95.3 cm³/mol. The average Bonchev–Trinajstić information content (AvgIpc) is 3.29. The van der Waals surface area contributed by atoms with Crippen LogP contribution in [0, 0.1) is 0 Å². The zero-order chi connectivity index (χ0) is 16.4. The van der Waals surface area contributed by atoms with E-state index in [-0.39, 0.29) is 11.8 Å². The Balaban J connectivity index is 1.50. The van der Waals surface area contributed by atoms with Crippen LogP contribution in [0.1, 0.15) is 17.0 Å². The number of amides is 1. The van der Waals surface area contributed by atoms with Crippen LogP contribution >= 0.6 is 11.8 Å². The second-order valence-corrected chi connectivity index (χ2v) is 6.76. The van der Waals surface area contributed by atoms with Crippen molar-refractivity contribution in [3.63, 3.8) is 0 Å². The molecule has 1 amide bonds. The summed E-state index contributed by atoms with van der Waals surface area (Å²) in [6.45, 7) is 0.498. The molecule has 1 unspecified atom stereocenters. The minimum Gasteiger partial charge on any atom is -0.351 e. The molecule has 4 nitrogen and oxygen atoms in total. The van der Waals surface area contributed by atoms with Crippen LogP contribution in [0.5, 0.6) is 0 Å². The van der Waals surface area contributed by atoms with Gasteiger partial charge in [-0.3, -0.25) is 4.79 Å². The molecule has 0 radical (unpaired) electrons. The summed E-state index contributed by atoms with van der Waals surface area (Å²) in [5, 5.41) is 7.37. The summed E-state index contributed by atoms with van der Waals surface area (Å²) in [5.41, 5.74) is 3.18. The maximum atomic E-state index is 12.6. The van der Waals surface area contributed by atoms with Crippen LogP contribution in [-0.4, -0.2) is 21.4 Å². The van der Waals surface area contributed by atoms with Crippen LogP contribution in [0.2, 0.25) is 0 Å². The van der Waals surface area contributed by atoms with Gasteiger partial charge in [-0.05, 0) is 29.3 Å². The molecule has 2 aromatic carbocycles. The smallest absolute Gasteiger partial charge is 0.228 e. The molecule has 1 aromatic heterocycles. The fraction of sp³-hybridized carbons (Fsp3) is 0.158. The number of nitrogens with one attached hydrogen (secondary N) is 1. The van der Waals surface area contributed by atoms with Crippen molar-refractivity contribution < 1.29 is 4.79 Å². The normalized spacial score (nSPS) is 15.9. The van der Waals surface area contributed by atoms with Crippen LogP contribution in [0.4, 0.5) is 0 Å². The van der Waals surface area contributed by atoms with E-state index in [1.165, 1.54) is 4.90 Å². The third-order valence-corrected chi connectivity index (χ3v) is 5.40. The minimum atomic E-state index is -0.0666. The Bertz CT molecular complexity index is 861. The summed E-state index contributed by atoms with van der Waals surface area (Å²) < 4.78 is 1.82. The lowest BCUT2D eigenvalue weighted by atomic mass is 10.0. The molecule has 0 saturated heterocycles. The lowest BCUT2D eigenvalue weighted by molar-refractivity contribution is -0.122. The number of hydrogen-bond acceptors (Lipinski definition) is 3. The van der Waals surface area contributed by atoms with Crippen molar-refractivity contribution in [2.75, 3.05) is 5.75 Å². The molecule has 0 saturated carbocycles. The van der Waals surface area contributed by atoms with Crippen LogP contribution in [0.15, 0.2) is 71.9 Å². The first-order chi connectivity index (χ1) is 11.8. The Hall–Kier alpha value is -2.53. The first kappa shape index (κ1) is 15.0. The van der Waals surface area contributed by atoms with E-state index in [0.717, 1.165) is 22.6 Å². The summed E-state index contributed by atoms with van der Waals surface area (Å²) in [7, 11) is 0. The van der Waals surface area contributed by atoms with Crippen molar-refractivity contribution in [1.82, 2.24) is 15.1 Å². The third kappa shape index (κ3) is 2.83. The quantitative estimate of drug-likeness (QED) is 0.795. The van der Waals surface area contributed by atoms with Gasteiger partial charge in [0, 0.05) is 29.6 Å². The summed E-state index contributed by atoms with van der Waals surface area (Å²) >= 11 is 1.75. The zero-order valence-corrected chi connectivity index (χ0v) is 13.9. The largest absolute Gasteiger partial charge is 0.351 e. The summed E-state index contributed by atoms with van der Waals surface area (Å²) in [6, 6.07) is 18.0. The number of benzene rings is 2. The Morgan fingerprint density at radius 3 is 2.88 bits per heavy atom. The molecule has 0 aliphatic carbocycles. The van der Waals surface area contributed by atoms with Crippen molar-refractivity contribution in [2.24, 2.45) is 0 Å². The standard InChI is InChI=1S/C19H17N3OS/c23-19(16-13-24-18-9-4-2-7-15(16)18)20-12-14-6-1-3-8-17(14)22-11-5-10-21-22/h1-11,16H,12-13H2,(H,20,23). The molecule has 120 valence electrons. The monoisotopic (exact) mass is 335 g/mol. The molecule has 1 aliphatic heterocycles. The average molecular weight is 335 g/mol. The minimum absolute atomic E-state index is 0.0666. The van der Waals surface area contributed by atoms with Crippen LogP contribution in [0.3, 0.4) is 0 Å². The lowest BCUT2D eigenvalue weighted by Crippen LogP contribution is -2.29. The maximum absolute atomic E-state index is 12.6. The number of carbonyl (C=O) groups excluding carboxylic acids is 1. The highest BCUT2D eigenvalue weighted by atomic mass is 32.2. The van der Waals surface area contributed by atoms with Gasteiger partial charge in [-0.15, -0.1) is 11.8 Å². The van der Waals surface area contributed by atoms with Crippen LogP contribution in [-0.2, 0) is 11.3 Å². The fourth-order valence-corrected chi connectivity index (χ4v) is 4.21. The number of thioether (sulfide) groups is 1. The molecule has 0 spiro atoms. The van der Waals surface area contributed by atoms with Crippen molar-refractivity contribution in [3.05, 3.63) is 78.1 Å². The van der Waals surface area contributed by atoms with E-state index in [1.807, 2.05) is 53.3 Å². The second kappa shape index (κ2) is 6.53. The fourth-order valence-electron chi connectivity index (χ4n) is 2.98. The molecule has 4 rings (SSSR count). The van der Waals surface area contributed by atoms with E-state index in [0.29, 0.717) is 6.54 Å². The van der Waals surface area contributed by atoms with Crippen molar-refractivity contribution >= 4 is 17.7 Å². The molecule has 24 heavy (non-hydrogen) atoms. The van der Waals surface area contributed by atoms with E-state index in [4.69, 9.17) is 0 Å². The number of para-hydroxylation sites is 1. The molecular formula is C19H17N3OS. The highest BCUT2D eigenvalue weighted by Gasteiger charge is 2.28. The van der Waals surface area contributed by atoms with Gasteiger partial charge in [-0.25, -0.2) is 4.68 Å². The van der Waals surface area contributed by atoms with Gasteiger partial charge in [0.1, 0.15) is 0 Å². The van der Waals surface area contributed by atoms with Gasteiger partial charge in [0.15, 0.2) is 0 Å². The molecule has 0 fully saturated rings. The topological polar surface area (TPSA) is 46.9 Å². The Labute approximate surface area is 144 Å². The number of carbonyl (C=O) groups is 1. The van der Waals surface area contributed by atoms with E-state index >= 15 is 0 Å². The second-order valence-electron chi connectivity index (χ2n) is 5.70. The van der Waals surface area contributed by atoms with Crippen molar-refractivity contribution in [3.8, 4) is 5.69 Å². The van der Waals surface area contributed by atoms with Gasteiger partial charge in [-0.1, -0.05) is 36.4 Å². The molecule has 1 aliphatic rings. The Morgan fingerprint density at radius 2 is 2.00 bits per heavy atom. The van der Waals surface area contributed by atoms with Gasteiger partial charge in [0.05, 0.1) is 11.6 Å². The number of hydrogen-bond donors (Lipinski definition) is 1. The van der Waals surface area contributed by atoms with Crippen LogP contribution < -0.4 is 5.32 Å². The highest BCUT2D eigenvalue weighted by Crippen LogP contribution is 2.39. The molecule has 0 bridgehead atoms. The van der Waals surface area contributed by atoms with Gasteiger partial charge < -0.3 is 5.32 Å². The van der Waals surface area contributed by atoms with E-state index in [1.54, 1.807) is 18.0 Å². The summed E-state index contributed by atoms with van der Waals surface area (Å²) in [5.74, 6) is 0.831. The molecule has 3 aromatic rings. The van der Waals surface area contributed by atoms with E-state index in [2.05, 4.69) is 22.5 Å². The number of rotatable bonds is 4. The van der Waals surface area contributed by atoms with Crippen LogP contribution in [0.25, 0.3) is 5.69 Å². The number of fused-ring (bicyclic) bond motifs is 1. The van der Waals surface area contributed by atoms with Gasteiger partial charge >= 0.3 is 0 Å². The Morgan fingerprint density at radius 1 is 1.17 bits per heavy atom. The third-order valence-electron chi connectivity index (χ3n) is 4.21. The summed E-state index contributed by atoms with van der Waals surface area (Å²) in [4.78, 5) is 13.8. The van der Waals surface area contributed by atoms with Crippen molar-refractivity contribution in [2.45, 2.75) is 17.4 Å². The first-order valence-electron chi connectivity index (χ1n) is 7.90. The molecular weight excluding hydrogens is 318 g/mol. The Kier molecular flexibility index (Phi) is 4.09. The van der Waals surface area contributed by atoms with Gasteiger partial charge in [0.2, 0.25) is 5.91 Å². The highest BCUT2D eigenvalue weighted by molar-refractivity contribution is 7.99. The molecule has 1 N–H and O–H groups in total. The van der Waals surface area contributed by atoms with E-state index < -0.39 is 0 Å². The molecule has 5 heteroatoms. The van der Waals surface area contributed by atoms with Crippen molar-refractivity contribution in [1.29, 1.82) is 0 Å². The SMILES string of the molecule is O=C(NCc1ccccc1-n1cccn1)C1CSc2ccccc21. The maximum Gasteiger partial charge on any atom is 0.228 e. The lowest BCUT2D eigenvalue weighted by Gasteiger charge is -2.14. The molecule has 2 heterocycles. The van der Waals surface area contributed by atoms with E-state index in [9.17, 15) is 4.79 Å². The zero-order valence-electron chi connectivity index (χ0n) is 13.1. The van der Waals surface area contributed by atoms with Gasteiger partial charge in [0.25, 0.3) is 0 Å². The molecule has 1 atom stereocenters. The van der Waals surface area contributed by atoms with Gasteiger partial charge in [-0.2, -0.15) is 5.10 Å². The summed E-state index contributed by atoms with van der Waals surface area (Å²) in [6.07, 6.45) is 3.66.